The summed E-state index contributed by atoms with van der Waals surface area (Å²) in [6, 6.07) is 4.31. The van der Waals surface area contributed by atoms with Crippen molar-refractivity contribution in [2.45, 2.75) is 33.0 Å². The van der Waals surface area contributed by atoms with Crippen LogP contribution in [0.2, 0.25) is 19.6 Å². The van der Waals surface area contributed by atoms with Gasteiger partial charge in [-0.05, 0) is 0 Å². The minimum absolute atomic E-state index is 0. The zero-order chi connectivity index (χ0) is 12.9. The molecular weight excluding hydrogens is 369 g/mol. The molecule has 19 heavy (non-hydrogen) atoms. The average molecular weight is 389 g/mol. The van der Waals surface area contributed by atoms with Crippen molar-refractivity contribution in [3.05, 3.63) is 45.2 Å². The number of allylic oxidation sites excluding steroid dienone is 4. The van der Waals surface area contributed by atoms with Crippen LogP contribution in [0, 0.1) is 6.92 Å². The fourth-order valence-electron chi connectivity index (χ4n) is 1.86. The van der Waals surface area contributed by atoms with Crippen LogP contribution in [0.15, 0.2) is 39.6 Å². The van der Waals surface area contributed by atoms with E-state index in [0.29, 0.717) is 0 Å². The third-order valence-corrected chi connectivity index (χ3v) is 5.81. The molecule has 0 aliphatic heterocycles. The average Bonchev–Trinajstić information content (AvgIpc) is 2.69. The van der Waals surface area contributed by atoms with Crippen molar-refractivity contribution in [1.29, 1.82) is 0 Å². The molecule has 0 spiro atoms. The van der Waals surface area contributed by atoms with Gasteiger partial charge in [0.05, 0.1) is 0 Å². The standard InChI is InChI=1S/C9H15BSi.C5H5.2ClH.Zr/c1-8-6-5-7-10-9(8)11(2,3)4;1-2-4-5-3-1;;;/h5-7H,1-4H3;1-3H,4H2;2*1H;/q;;;;+2/p-2. The first kappa shape index (κ1) is 21.9. The van der Waals surface area contributed by atoms with E-state index in [1.54, 1.807) is 33.1 Å². The molecule has 0 fully saturated rings. The fourth-order valence-corrected chi connectivity index (χ4v) is 4.25. The topological polar surface area (TPSA) is 0 Å². The zero-order valence-electron chi connectivity index (χ0n) is 12.0. The number of aryl methyl sites for hydroxylation is 1. The molecule has 1 aliphatic rings. The van der Waals surface area contributed by atoms with E-state index in [9.17, 15) is 0 Å². The van der Waals surface area contributed by atoms with Gasteiger partial charge in [-0.3, -0.25) is 0 Å². The third-order valence-electron chi connectivity index (χ3n) is 2.72. The predicted molar refractivity (Wildman–Crippen MR) is 77.3 cm³/mol. The SMILES string of the molecule is Cc1cccbc1[Si](C)(C)C.[Cl-].[Cl-].[Zr+2][C]1=CC=CC1. The number of hydrogen-bond donors (Lipinski definition) is 0. The molecular formula is C14H20BCl2SiZr. The summed E-state index contributed by atoms with van der Waals surface area (Å²) in [5.74, 6) is 2.14. The number of rotatable bonds is 1. The van der Waals surface area contributed by atoms with E-state index >= 15 is 0 Å². The van der Waals surface area contributed by atoms with Crippen LogP contribution in [0.1, 0.15) is 12.0 Å². The number of halogens is 2. The van der Waals surface area contributed by atoms with Gasteiger partial charge in [0.1, 0.15) is 0 Å². The van der Waals surface area contributed by atoms with Crippen LogP contribution < -0.4 is 29.9 Å². The van der Waals surface area contributed by atoms with E-state index in [1.807, 2.05) is 0 Å². The van der Waals surface area contributed by atoms with Gasteiger partial charge in [0.2, 0.25) is 0 Å². The van der Waals surface area contributed by atoms with E-state index in [-0.39, 0.29) is 24.8 Å². The molecule has 101 valence electrons. The Morgan fingerprint density at radius 3 is 2.11 bits per heavy atom. The predicted octanol–water partition coefficient (Wildman–Crippen LogP) is -2.74. The van der Waals surface area contributed by atoms with E-state index < -0.39 is 8.07 Å². The number of hydrogen-bond acceptors (Lipinski definition) is 0. The maximum atomic E-state index is 2.38. The Hall–Kier alpha value is 0.575. The van der Waals surface area contributed by atoms with Gasteiger partial charge in [-0.2, -0.15) is 0 Å². The van der Waals surface area contributed by atoms with Crippen LogP contribution in [-0.2, 0) is 24.7 Å². The Bertz CT molecular complexity index is 439. The Morgan fingerprint density at radius 2 is 1.84 bits per heavy atom. The molecule has 0 nitrogen and oxygen atoms in total. The molecule has 0 saturated heterocycles. The summed E-state index contributed by atoms with van der Waals surface area (Å²) in [5.41, 5.74) is 1.45. The van der Waals surface area contributed by atoms with Gasteiger partial charge in [0, 0.05) is 0 Å². The van der Waals surface area contributed by atoms with Crippen molar-refractivity contribution < 1.29 is 49.5 Å². The van der Waals surface area contributed by atoms with Gasteiger partial charge < -0.3 is 24.8 Å². The van der Waals surface area contributed by atoms with Crippen molar-refractivity contribution in [1.82, 2.24) is 0 Å². The van der Waals surface area contributed by atoms with Gasteiger partial charge in [-0.25, -0.2) is 0 Å². The summed E-state index contributed by atoms with van der Waals surface area (Å²) < 4.78 is 1.56. The van der Waals surface area contributed by atoms with Gasteiger partial charge in [-0.1, -0.05) is 0 Å². The maximum absolute atomic E-state index is 2.38. The quantitative estimate of drug-likeness (QED) is 0.458. The fraction of sp³-hybridized carbons (Fsp3) is 0.357. The van der Waals surface area contributed by atoms with Crippen molar-refractivity contribution in [2.75, 3.05) is 0 Å². The molecule has 2 rings (SSSR count). The monoisotopic (exact) mass is 387 g/mol. The second kappa shape index (κ2) is 10.3. The van der Waals surface area contributed by atoms with Crippen molar-refractivity contribution in [3.63, 3.8) is 0 Å². The van der Waals surface area contributed by atoms with E-state index in [1.165, 1.54) is 12.0 Å². The molecule has 0 N–H and O–H groups in total. The van der Waals surface area contributed by atoms with E-state index in [0.717, 1.165) is 0 Å². The molecule has 0 radical (unpaired) electrons. The van der Waals surface area contributed by atoms with Crippen LogP contribution in [0.4, 0.5) is 0 Å². The summed E-state index contributed by atoms with van der Waals surface area (Å²) in [5, 5.41) is 1.58. The molecule has 1 aliphatic carbocycles. The van der Waals surface area contributed by atoms with Crippen molar-refractivity contribution in [2.24, 2.45) is 0 Å². The van der Waals surface area contributed by atoms with Crippen molar-refractivity contribution >= 4 is 20.1 Å². The van der Waals surface area contributed by atoms with Gasteiger partial charge in [0.15, 0.2) is 0 Å². The van der Waals surface area contributed by atoms with E-state index in [2.05, 4.69) is 69.8 Å². The van der Waals surface area contributed by atoms with Crippen LogP contribution in [0.25, 0.3) is 0 Å². The third kappa shape index (κ3) is 8.45. The zero-order valence-corrected chi connectivity index (χ0v) is 17.0. The molecule has 5 heteroatoms. The van der Waals surface area contributed by atoms with Crippen LogP contribution in [0.5, 0.6) is 0 Å². The van der Waals surface area contributed by atoms with Crippen molar-refractivity contribution in [3.8, 4) is 0 Å². The van der Waals surface area contributed by atoms with Gasteiger partial charge >= 0.3 is 123 Å². The summed E-state index contributed by atoms with van der Waals surface area (Å²) >= 11 is 1.56. The molecule has 0 amide bonds. The molecule has 0 bridgehead atoms. The normalized spacial score (nSPS) is 12.4. The Balaban J connectivity index is 0. The molecule has 0 unspecified atom stereocenters. The second-order valence-corrected chi connectivity index (χ2v) is 12.0. The Morgan fingerprint density at radius 1 is 1.21 bits per heavy atom. The van der Waals surface area contributed by atoms with Gasteiger partial charge in [-0.15, -0.1) is 0 Å². The van der Waals surface area contributed by atoms with Gasteiger partial charge in [0.25, 0.3) is 0 Å². The first-order chi connectivity index (χ1) is 7.91. The Labute approximate surface area is 147 Å². The summed E-state index contributed by atoms with van der Waals surface area (Å²) in [6.45, 7) is 11.6. The minimum atomic E-state index is -1.08. The first-order valence-electron chi connectivity index (χ1n) is 6.04. The second-order valence-electron chi connectivity index (χ2n) is 5.39. The summed E-state index contributed by atoms with van der Waals surface area (Å²) in [7, 11) is -1.08. The first-order valence-corrected chi connectivity index (χ1v) is 10.8. The molecule has 1 heterocycles. The summed E-state index contributed by atoms with van der Waals surface area (Å²) in [4.78, 5) is 0. The van der Waals surface area contributed by atoms with Crippen LogP contribution in [-0.4, -0.2) is 15.0 Å². The molecule has 0 atom stereocenters. The molecule has 1 aromatic rings. The molecule has 0 aromatic carbocycles. The van der Waals surface area contributed by atoms with E-state index in [4.69, 9.17) is 0 Å². The summed E-state index contributed by atoms with van der Waals surface area (Å²) in [6.07, 6.45) is 7.69. The Kier molecular flexibility index (Phi) is 11.9. The van der Waals surface area contributed by atoms with Crippen LogP contribution >= 0.6 is 0 Å². The molecule has 0 saturated carbocycles. The molecule has 1 aromatic heterocycles. The van der Waals surface area contributed by atoms with Crippen LogP contribution in [0.3, 0.4) is 0 Å².